The van der Waals surface area contributed by atoms with Gasteiger partial charge in [0.25, 0.3) is 0 Å². The van der Waals surface area contributed by atoms with Gasteiger partial charge in [-0.15, -0.1) is 13.2 Å². The fourth-order valence-corrected chi connectivity index (χ4v) is 0.802. The fourth-order valence-electron chi connectivity index (χ4n) is 0.802. The van der Waals surface area contributed by atoms with E-state index in [1.165, 1.54) is 24.3 Å². The Morgan fingerprint density at radius 2 is 1.47 bits per heavy atom. The van der Waals surface area contributed by atoms with Gasteiger partial charge in [0.05, 0.1) is 11.1 Å². The van der Waals surface area contributed by atoms with Crippen LogP contribution in [0.2, 0.25) is 0 Å². The minimum absolute atomic E-state index is 0.0643. The van der Waals surface area contributed by atoms with Crippen LogP contribution in [0.25, 0.3) is 0 Å². The molecule has 5 heteroatoms. The molecule has 80 valence electrons. The van der Waals surface area contributed by atoms with Crippen LogP contribution in [0.5, 0.6) is 0 Å². The summed E-state index contributed by atoms with van der Waals surface area (Å²) >= 11 is 0. The van der Waals surface area contributed by atoms with Gasteiger partial charge in [0, 0.05) is 0 Å². The Hall–Kier alpha value is -2.14. The van der Waals surface area contributed by atoms with Crippen LogP contribution >= 0.6 is 0 Å². The zero-order chi connectivity index (χ0) is 11.8. The standard InChI is InChI=1S/C8H6O5.C2H4/c9-7(10)5-1-3-6(4-2-5)8(11)13-12;1-2/h1-4,12H,(H,9,10);1-2H2. The second-order valence-electron chi connectivity index (χ2n) is 2.26. The van der Waals surface area contributed by atoms with Crippen molar-refractivity contribution >= 4 is 11.9 Å². The van der Waals surface area contributed by atoms with Crippen molar-refractivity contribution in [3.63, 3.8) is 0 Å². The normalized spacial score (nSPS) is 8.33. The highest BCUT2D eigenvalue weighted by Gasteiger charge is 2.07. The molecule has 0 saturated carbocycles. The van der Waals surface area contributed by atoms with Crippen LogP contribution in [-0.4, -0.2) is 22.3 Å². The summed E-state index contributed by atoms with van der Waals surface area (Å²) in [6.07, 6.45) is 0. The Labute approximate surface area is 86.2 Å². The smallest absolute Gasteiger partial charge is 0.372 e. The van der Waals surface area contributed by atoms with E-state index in [9.17, 15) is 9.59 Å². The largest absolute Gasteiger partial charge is 0.478 e. The first-order valence-corrected chi connectivity index (χ1v) is 3.84. The maximum atomic E-state index is 10.7. The van der Waals surface area contributed by atoms with Gasteiger partial charge in [0.1, 0.15) is 0 Å². The van der Waals surface area contributed by atoms with Gasteiger partial charge in [0.2, 0.25) is 0 Å². The molecule has 0 aliphatic carbocycles. The SMILES string of the molecule is C=C.O=C(O)c1ccc(C(=O)OO)cc1. The van der Waals surface area contributed by atoms with E-state index in [2.05, 4.69) is 18.0 Å². The van der Waals surface area contributed by atoms with Crippen LogP contribution in [0.4, 0.5) is 0 Å². The third-order valence-corrected chi connectivity index (χ3v) is 1.45. The summed E-state index contributed by atoms with van der Waals surface area (Å²) in [7, 11) is 0. The van der Waals surface area contributed by atoms with Crippen molar-refractivity contribution in [3.8, 4) is 0 Å². The van der Waals surface area contributed by atoms with Crippen molar-refractivity contribution in [3.05, 3.63) is 48.6 Å². The maximum absolute atomic E-state index is 10.7. The quantitative estimate of drug-likeness (QED) is 0.442. The van der Waals surface area contributed by atoms with E-state index in [0.717, 1.165) is 0 Å². The number of carboxylic acid groups (broad SMARTS) is 1. The summed E-state index contributed by atoms with van der Waals surface area (Å²) in [6.45, 7) is 6.00. The number of rotatable bonds is 2. The Morgan fingerprint density at radius 1 is 1.07 bits per heavy atom. The van der Waals surface area contributed by atoms with Gasteiger partial charge in [-0.05, 0) is 24.3 Å². The molecule has 0 aromatic heterocycles. The van der Waals surface area contributed by atoms with Gasteiger partial charge < -0.3 is 5.11 Å². The van der Waals surface area contributed by atoms with Crippen molar-refractivity contribution in [2.45, 2.75) is 0 Å². The number of hydrogen-bond acceptors (Lipinski definition) is 4. The monoisotopic (exact) mass is 210 g/mol. The Balaban J connectivity index is 0.000000921. The number of benzene rings is 1. The summed E-state index contributed by atoms with van der Waals surface area (Å²) in [5.74, 6) is -2.00. The van der Waals surface area contributed by atoms with Gasteiger partial charge in [-0.1, -0.05) is 0 Å². The van der Waals surface area contributed by atoms with Crippen molar-refractivity contribution in [1.82, 2.24) is 0 Å². The topological polar surface area (TPSA) is 83.8 Å². The molecule has 5 nitrogen and oxygen atoms in total. The third-order valence-electron chi connectivity index (χ3n) is 1.45. The first-order valence-electron chi connectivity index (χ1n) is 3.84. The van der Waals surface area contributed by atoms with Crippen molar-refractivity contribution < 1.29 is 24.8 Å². The van der Waals surface area contributed by atoms with Crippen molar-refractivity contribution in [2.24, 2.45) is 0 Å². The lowest BCUT2D eigenvalue weighted by atomic mass is 10.1. The summed E-state index contributed by atoms with van der Waals surface area (Å²) in [5, 5.41) is 16.5. The highest BCUT2D eigenvalue weighted by atomic mass is 17.1. The molecule has 0 amide bonds. The van der Waals surface area contributed by atoms with Crippen LogP contribution in [-0.2, 0) is 4.89 Å². The minimum atomic E-state index is -1.08. The van der Waals surface area contributed by atoms with Crippen LogP contribution < -0.4 is 0 Å². The first kappa shape index (κ1) is 12.9. The molecule has 15 heavy (non-hydrogen) atoms. The lowest BCUT2D eigenvalue weighted by Gasteiger charge is -1.96. The Bertz CT molecular complexity index is 341. The molecule has 0 radical (unpaired) electrons. The van der Waals surface area contributed by atoms with Crippen LogP contribution in [0, 0.1) is 0 Å². The summed E-state index contributed by atoms with van der Waals surface area (Å²) in [6, 6.07) is 4.99. The Kier molecular flexibility index (Phi) is 5.43. The average molecular weight is 210 g/mol. The second-order valence-corrected chi connectivity index (χ2v) is 2.26. The molecule has 1 aromatic carbocycles. The van der Waals surface area contributed by atoms with E-state index in [0.29, 0.717) is 0 Å². The number of carbonyl (C=O) groups excluding carboxylic acids is 1. The fraction of sp³-hybridized carbons (Fsp3) is 0. The van der Waals surface area contributed by atoms with E-state index < -0.39 is 11.9 Å². The molecule has 1 aromatic rings. The molecular weight excluding hydrogens is 200 g/mol. The summed E-state index contributed by atoms with van der Waals surface area (Å²) in [5.41, 5.74) is 0.155. The lowest BCUT2D eigenvalue weighted by Crippen LogP contribution is -2.02. The van der Waals surface area contributed by atoms with Crippen LogP contribution in [0.15, 0.2) is 37.4 Å². The zero-order valence-corrected chi connectivity index (χ0v) is 7.84. The first-order chi connectivity index (χ1) is 7.15. The maximum Gasteiger partial charge on any atom is 0.372 e. The number of hydrogen-bond donors (Lipinski definition) is 2. The lowest BCUT2D eigenvalue weighted by molar-refractivity contribution is -0.182. The van der Waals surface area contributed by atoms with E-state index in [1.54, 1.807) is 0 Å². The number of carbonyl (C=O) groups is 2. The average Bonchev–Trinajstić information content (AvgIpc) is 2.31. The van der Waals surface area contributed by atoms with Gasteiger partial charge >= 0.3 is 11.9 Å². The van der Waals surface area contributed by atoms with Gasteiger partial charge in [0.15, 0.2) is 0 Å². The van der Waals surface area contributed by atoms with E-state index in [-0.39, 0.29) is 11.1 Å². The van der Waals surface area contributed by atoms with Crippen LogP contribution in [0.3, 0.4) is 0 Å². The number of aromatic carboxylic acids is 1. The zero-order valence-electron chi connectivity index (χ0n) is 7.84. The van der Waals surface area contributed by atoms with Gasteiger partial charge in [-0.25, -0.2) is 9.59 Å². The summed E-state index contributed by atoms with van der Waals surface area (Å²) < 4.78 is 0. The number of carboxylic acids is 1. The predicted molar refractivity (Wildman–Crippen MR) is 52.7 cm³/mol. The molecule has 0 spiro atoms. The van der Waals surface area contributed by atoms with Crippen LogP contribution in [0.1, 0.15) is 20.7 Å². The molecule has 0 atom stereocenters. The van der Waals surface area contributed by atoms with Crippen molar-refractivity contribution in [1.29, 1.82) is 0 Å². The molecule has 0 aliphatic rings. The minimum Gasteiger partial charge on any atom is -0.478 e. The molecule has 0 aliphatic heterocycles. The van der Waals surface area contributed by atoms with E-state index >= 15 is 0 Å². The molecule has 1 rings (SSSR count). The van der Waals surface area contributed by atoms with Gasteiger partial charge in [-0.3, -0.25) is 4.89 Å². The molecule has 0 bridgehead atoms. The molecule has 0 unspecified atom stereocenters. The third kappa shape index (κ3) is 3.61. The Morgan fingerprint density at radius 3 is 1.80 bits per heavy atom. The van der Waals surface area contributed by atoms with E-state index in [4.69, 9.17) is 10.4 Å². The summed E-state index contributed by atoms with van der Waals surface area (Å²) in [4.78, 5) is 24.5. The van der Waals surface area contributed by atoms with Crippen molar-refractivity contribution in [2.75, 3.05) is 0 Å². The van der Waals surface area contributed by atoms with Gasteiger partial charge in [-0.2, -0.15) is 5.26 Å². The highest BCUT2D eigenvalue weighted by molar-refractivity contribution is 5.92. The molecule has 0 heterocycles. The molecular formula is C10H10O5. The predicted octanol–water partition coefficient (Wildman–Crippen LogP) is 1.82. The second kappa shape index (κ2) is 6.33. The molecule has 0 saturated heterocycles. The van der Waals surface area contributed by atoms with E-state index in [1.807, 2.05) is 0 Å². The highest BCUT2D eigenvalue weighted by Crippen LogP contribution is 2.05. The molecule has 2 N–H and O–H groups in total. The molecule has 0 fully saturated rings.